The van der Waals surface area contributed by atoms with Crippen molar-refractivity contribution >= 4 is 23.4 Å². The predicted octanol–water partition coefficient (Wildman–Crippen LogP) is 2.35. The molecule has 0 radical (unpaired) electrons. The Morgan fingerprint density at radius 3 is 2.81 bits per heavy atom. The van der Waals surface area contributed by atoms with Gasteiger partial charge in [0.15, 0.2) is 0 Å². The number of carbonyl (C=O) groups excluding carboxylic acids is 1. The van der Waals surface area contributed by atoms with Gasteiger partial charge in [-0.3, -0.25) is 4.79 Å². The Morgan fingerprint density at radius 2 is 2.12 bits per heavy atom. The van der Waals surface area contributed by atoms with E-state index in [4.69, 9.17) is 0 Å². The summed E-state index contributed by atoms with van der Waals surface area (Å²) in [6, 6.07) is 7.83. The van der Waals surface area contributed by atoms with Gasteiger partial charge in [0.2, 0.25) is 5.91 Å². The van der Waals surface area contributed by atoms with Crippen LogP contribution in [-0.2, 0) is 4.79 Å². The number of amides is 1. The largest absolute Gasteiger partial charge is 0.325 e. The average molecular weight is 238 g/mol. The third-order valence-corrected chi connectivity index (χ3v) is 2.96. The van der Waals surface area contributed by atoms with Crippen LogP contribution in [0.3, 0.4) is 0 Å². The lowest BCUT2D eigenvalue weighted by Crippen LogP contribution is -2.21. The molecule has 0 bridgehead atoms. The van der Waals surface area contributed by atoms with Gasteiger partial charge in [0.25, 0.3) is 0 Å². The van der Waals surface area contributed by atoms with Crippen molar-refractivity contribution in [3.63, 3.8) is 0 Å². The highest BCUT2D eigenvalue weighted by Crippen LogP contribution is 2.24. The second-order valence-corrected chi connectivity index (χ2v) is 4.20. The van der Waals surface area contributed by atoms with E-state index in [1.807, 2.05) is 37.4 Å². The molecule has 0 aliphatic carbocycles. The Balaban J connectivity index is 2.49. The van der Waals surface area contributed by atoms with Crippen molar-refractivity contribution in [2.75, 3.05) is 24.7 Å². The zero-order chi connectivity index (χ0) is 11.8. The normalized spacial score (nSPS) is 10.1. The number of rotatable bonds is 6. The third-order valence-electron chi connectivity index (χ3n) is 2.16. The minimum atomic E-state index is 0.0578. The van der Waals surface area contributed by atoms with Crippen molar-refractivity contribution in [2.45, 2.75) is 18.2 Å². The van der Waals surface area contributed by atoms with Crippen molar-refractivity contribution in [3.05, 3.63) is 24.3 Å². The Bertz CT molecular complexity index is 342. The number of para-hydroxylation sites is 1. The summed E-state index contributed by atoms with van der Waals surface area (Å²) in [6.07, 6.45) is 2.51. The van der Waals surface area contributed by atoms with E-state index in [0.717, 1.165) is 23.7 Å². The minimum absolute atomic E-state index is 0.0578. The van der Waals surface area contributed by atoms with Crippen molar-refractivity contribution < 1.29 is 4.79 Å². The Morgan fingerprint density at radius 1 is 1.38 bits per heavy atom. The molecule has 4 heteroatoms. The highest BCUT2D eigenvalue weighted by atomic mass is 32.2. The van der Waals surface area contributed by atoms with Crippen LogP contribution in [0.25, 0.3) is 0 Å². The number of nitrogens with one attached hydrogen (secondary N) is 2. The second kappa shape index (κ2) is 7.30. The smallest absolute Gasteiger partial charge is 0.225 e. The summed E-state index contributed by atoms with van der Waals surface area (Å²) in [5, 5.41) is 6.05. The Hall–Kier alpha value is -1.00. The monoisotopic (exact) mass is 238 g/mol. The molecule has 0 aromatic heterocycles. The van der Waals surface area contributed by atoms with Crippen LogP contribution in [0, 0.1) is 0 Å². The minimum Gasteiger partial charge on any atom is -0.325 e. The molecule has 0 fully saturated rings. The van der Waals surface area contributed by atoms with Gasteiger partial charge in [0.1, 0.15) is 0 Å². The molecule has 0 aliphatic rings. The molecule has 0 aliphatic heterocycles. The topological polar surface area (TPSA) is 41.1 Å². The van der Waals surface area contributed by atoms with E-state index in [9.17, 15) is 4.79 Å². The first-order valence-electron chi connectivity index (χ1n) is 5.41. The molecule has 0 unspecified atom stereocenters. The average Bonchev–Trinajstić information content (AvgIpc) is 2.30. The van der Waals surface area contributed by atoms with Crippen LogP contribution in [0.5, 0.6) is 0 Å². The van der Waals surface area contributed by atoms with Crippen LogP contribution in [0.2, 0.25) is 0 Å². The molecule has 0 heterocycles. The number of benzene rings is 1. The van der Waals surface area contributed by atoms with Crippen LogP contribution in [0.4, 0.5) is 5.69 Å². The molecule has 3 nitrogen and oxygen atoms in total. The maximum atomic E-state index is 11.6. The molecule has 1 amide bonds. The number of carbonyl (C=O) groups is 1. The van der Waals surface area contributed by atoms with Gasteiger partial charge in [-0.25, -0.2) is 0 Å². The fourth-order valence-corrected chi connectivity index (χ4v) is 1.89. The standard InChI is InChI=1S/C12H18N2OS/c1-3-13-9-8-12(15)14-10-6-4-5-7-11(10)16-2/h4-7,13H,3,8-9H2,1-2H3,(H,14,15). The van der Waals surface area contributed by atoms with Crippen molar-refractivity contribution in [2.24, 2.45) is 0 Å². The molecular weight excluding hydrogens is 220 g/mol. The van der Waals surface area contributed by atoms with Crippen LogP contribution in [0.1, 0.15) is 13.3 Å². The van der Waals surface area contributed by atoms with Gasteiger partial charge in [-0.15, -0.1) is 11.8 Å². The molecule has 1 rings (SSSR count). The van der Waals surface area contributed by atoms with E-state index >= 15 is 0 Å². The molecular formula is C12H18N2OS. The van der Waals surface area contributed by atoms with Gasteiger partial charge in [-0.05, 0) is 24.9 Å². The number of thioether (sulfide) groups is 1. The number of anilines is 1. The molecule has 1 aromatic carbocycles. The molecule has 0 spiro atoms. The lowest BCUT2D eigenvalue weighted by molar-refractivity contribution is -0.116. The summed E-state index contributed by atoms with van der Waals surface area (Å²) in [6.45, 7) is 3.65. The summed E-state index contributed by atoms with van der Waals surface area (Å²) in [5.41, 5.74) is 0.900. The van der Waals surface area contributed by atoms with Gasteiger partial charge >= 0.3 is 0 Å². The first kappa shape index (κ1) is 13.1. The maximum absolute atomic E-state index is 11.6. The van der Waals surface area contributed by atoms with E-state index < -0.39 is 0 Å². The second-order valence-electron chi connectivity index (χ2n) is 3.35. The summed E-state index contributed by atoms with van der Waals surface area (Å²) < 4.78 is 0. The zero-order valence-electron chi connectivity index (χ0n) is 9.75. The van der Waals surface area contributed by atoms with E-state index in [-0.39, 0.29) is 5.91 Å². The number of hydrogen-bond donors (Lipinski definition) is 2. The molecule has 2 N–H and O–H groups in total. The molecule has 0 saturated carbocycles. The fraction of sp³-hybridized carbons (Fsp3) is 0.417. The molecule has 88 valence electrons. The summed E-state index contributed by atoms with van der Waals surface area (Å²) >= 11 is 1.64. The first-order valence-corrected chi connectivity index (χ1v) is 6.64. The third kappa shape index (κ3) is 4.24. The lowest BCUT2D eigenvalue weighted by Gasteiger charge is -2.09. The first-order chi connectivity index (χ1) is 7.77. The van der Waals surface area contributed by atoms with Crippen molar-refractivity contribution in [1.82, 2.24) is 5.32 Å². The van der Waals surface area contributed by atoms with Gasteiger partial charge in [0, 0.05) is 17.9 Å². The van der Waals surface area contributed by atoms with E-state index in [1.54, 1.807) is 11.8 Å². The molecule has 16 heavy (non-hydrogen) atoms. The summed E-state index contributed by atoms with van der Waals surface area (Å²) in [5.74, 6) is 0.0578. The van der Waals surface area contributed by atoms with Crippen molar-refractivity contribution in [3.8, 4) is 0 Å². The van der Waals surface area contributed by atoms with E-state index in [2.05, 4.69) is 10.6 Å². The maximum Gasteiger partial charge on any atom is 0.225 e. The van der Waals surface area contributed by atoms with E-state index in [0.29, 0.717) is 6.42 Å². The fourth-order valence-electron chi connectivity index (χ4n) is 1.34. The summed E-state index contributed by atoms with van der Waals surface area (Å²) in [7, 11) is 0. The van der Waals surface area contributed by atoms with Gasteiger partial charge in [-0.2, -0.15) is 0 Å². The Labute approximate surface area is 101 Å². The molecule has 0 atom stereocenters. The van der Waals surface area contributed by atoms with Crippen molar-refractivity contribution in [1.29, 1.82) is 0 Å². The number of hydrogen-bond acceptors (Lipinski definition) is 3. The SMILES string of the molecule is CCNCCC(=O)Nc1ccccc1SC. The van der Waals surface area contributed by atoms with Gasteiger partial charge in [-0.1, -0.05) is 19.1 Å². The van der Waals surface area contributed by atoms with Crippen LogP contribution >= 0.6 is 11.8 Å². The van der Waals surface area contributed by atoms with E-state index in [1.165, 1.54) is 0 Å². The van der Waals surface area contributed by atoms with Crippen LogP contribution in [0.15, 0.2) is 29.2 Å². The van der Waals surface area contributed by atoms with Crippen LogP contribution in [-0.4, -0.2) is 25.3 Å². The molecule has 0 saturated heterocycles. The van der Waals surface area contributed by atoms with Crippen LogP contribution < -0.4 is 10.6 Å². The van der Waals surface area contributed by atoms with Gasteiger partial charge in [0.05, 0.1) is 5.69 Å². The molecule has 1 aromatic rings. The quantitative estimate of drug-likeness (QED) is 0.590. The zero-order valence-corrected chi connectivity index (χ0v) is 10.6. The highest BCUT2D eigenvalue weighted by Gasteiger charge is 2.04. The lowest BCUT2D eigenvalue weighted by atomic mass is 10.3. The Kier molecular flexibility index (Phi) is 5.96. The highest BCUT2D eigenvalue weighted by molar-refractivity contribution is 7.98. The predicted molar refractivity (Wildman–Crippen MR) is 70.0 cm³/mol. The summed E-state index contributed by atoms with van der Waals surface area (Å²) in [4.78, 5) is 12.7. The van der Waals surface area contributed by atoms with Gasteiger partial charge < -0.3 is 10.6 Å².